The maximum atomic E-state index is 13.2. The Morgan fingerprint density at radius 1 is 1.15 bits per heavy atom. The molecule has 0 bridgehead atoms. The zero-order valence-corrected chi connectivity index (χ0v) is 16.1. The smallest absolute Gasteiger partial charge is 0.274 e. The maximum absolute atomic E-state index is 13.2. The molecule has 0 N–H and O–H groups in total. The Balaban J connectivity index is 1.71. The van der Waals surface area contributed by atoms with Crippen molar-refractivity contribution in [2.24, 2.45) is 0 Å². The lowest BCUT2D eigenvalue weighted by molar-refractivity contribution is 0.0300. The summed E-state index contributed by atoms with van der Waals surface area (Å²) in [5.74, 6) is 0.461. The lowest BCUT2D eigenvalue weighted by atomic mass is 9.90. The van der Waals surface area contributed by atoms with Crippen LogP contribution >= 0.6 is 11.3 Å². The van der Waals surface area contributed by atoms with Crippen molar-refractivity contribution in [1.82, 2.24) is 9.88 Å². The molecule has 0 spiro atoms. The van der Waals surface area contributed by atoms with E-state index in [2.05, 4.69) is 6.07 Å². The molecular weight excluding hydrogens is 358 g/mol. The first-order chi connectivity index (χ1) is 13.3. The summed E-state index contributed by atoms with van der Waals surface area (Å²) < 4.78 is 5.38. The van der Waals surface area contributed by atoms with Crippen LogP contribution in [0.5, 0.6) is 0 Å². The molecule has 1 amide bonds. The molecule has 1 aromatic heterocycles. The fraction of sp³-hybridized carbons (Fsp3) is 0.476. The molecule has 2 heterocycles. The largest absolute Gasteiger partial charge is 0.378 e. The Morgan fingerprint density at radius 2 is 1.85 bits per heavy atom. The van der Waals surface area contributed by atoms with Crippen LogP contribution in [0.25, 0.3) is 10.4 Å². The topological polar surface area (TPSA) is 66.2 Å². The lowest BCUT2D eigenvalue weighted by Crippen LogP contribution is -2.41. The Hall–Kier alpha value is -2.23. The number of hydrogen-bond acceptors (Lipinski definition) is 5. The van der Waals surface area contributed by atoms with Crippen LogP contribution in [-0.2, 0) is 4.74 Å². The summed E-state index contributed by atoms with van der Waals surface area (Å²) >= 11 is 1.65. The summed E-state index contributed by atoms with van der Waals surface area (Å²) in [7, 11) is 0. The number of ether oxygens (including phenoxy) is 1. The molecule has 1 aliphatic carbocycles. The summed E-state index contributed by atoms with van der Waals surface area (Å²) in [6.45, 7) is 2.39. The number of hydrogen-bond donors (Lipinski definition) is 0. The van der Waals surface area contributed by atoms with Crippen molar-refractivity contribution in [2.75, 3.05) is 26.3 Å². The highest BCUT2D eigenvalue weighted by Crippen LogP contribution is 2.40. The number of rotatable bonds is 3. The van der Waals surface area contributed by atoms with Crippen molar-refractivity contribution in [1.29, 1.82) is 5.26 Å². The molecule has 27 heavy (non-hydrogen) atoms. The van der Waals surface area contributed by atoms with Crippen LogP contribution in [0, 0.1) is 11.3 Å². The van der Waals surface area contributed by atoms with Gasteiger partial charge in [-0.15, -0.1) is 11.3 Å². The van der Waals surface area contributed by atoms with E-state index in [9.17, 15) is 4.79 Å². The summed E-state index contributed by atoms with van der Waals surface area (Å²) in [6, 6.07) is 9.60. The molecule has 140 valence electrons. The van der Waals surface area contributed by atoms with E-state index in [-0.39, 0.29) is 5.91 Å². The fourth-order valence-corrected chi connectivity index (χ4v) is 5.05. The molecule has 6 heteroatoms. The molecule has 0 atom stereocenters. The van der Waals surface area contributed by atoms with Crippen molar-refractivity contribution in [2.45, 2.75) is 38.0 Å². The zero-order valence-electron chi connectivity index (χ0n) is 15.3. The maximum Gasteiger partial charge on any atom is 0.274 e. The van der Waals surface area contributed by atoms with Gasteiger partial charge in [0.05, 0.1) is 34.7 Å². The average molecular weight is 382 g/mol. The molecule has 2 fully saturated rings. The van der Waals surface area contributed by atoms with Crippen molar-refractivity contribution < 1.29 is 9.53 Å². The number of aromatic nitrogens is 1. The van der Waals surface area contributed by atoms with E-state index in [0.717, 1.165) is 28.3 Å². The van der Waals surface area contributed by atoms with Crippen molar-refractivity contribution >= 4 is 17.2 Å². The first-order valence-electron chi connectivity index (χ1n) is 9.64. The predicted molar refractivity (Wildman–Crippen MR) is 105 cm³/mol. The number of morpholine rings is 1. The van der Waals surface area contributed by atoms with E-state index in [1.807, 2.05) is 17.0 Å². The zero-order chi connectivity index (χ0) is 18.6. The number of amides is 1. The minimum atomic E-state index is -0.00373. The number of nitriles is 1. The molecule has 0 radical (unpaired) electrons. The minimum absolute atomic E-state index is 0.00373. The first kappa shape index (κ1) is 18.1. The van der Waals surface area contributed by atoms with Crippen LogP contribution in [0.3, 0.4) is 0 Å². The second kappa shape index (κ2) is 8.20. The van der Waals surface area contributed by atoms with Crippen molar-refractivity contribution in [3.05, 3.63) is 40.5 Å². The van der Waals surface area contributed by atoms with Gasteiger partial charge in [-0.1, -0.05) is 31.4 Å². The van der Waals surface area contributed by atoms with Crippen LogP contribution < -0.4 is 0 Å². The van der Waals surface area contributed by atoms with Crippen molar-refractivity contribution in [3.8, 4) is 16.5 Å². The standard InChI is InChI=1S/C21H23N3O2S/c22-14-15-6-8-16(9-7-15)19-18(21(25)24-10-12-26-13-11-24)23-20(27-19)17-4-2-1-3-5-17/h6-9,17H,1-5,10-13H2. The Bertz CT molecular complexity index is 841. The van der Waals surface area contributed by atoms with Gasteiger partial charge >= 0.3 is 0 Å². The van der Waals surface area contributed by atoms with E-state index in [1.165, 1.54) is 19.3 Å². The van der Waals surface area contributed by atoms with Crippen LogP contribution in [-0.4, -0.2) is 42.1 Å². The van der Waals surface area contributed by atoms with Crippen LogP contribution in [0.1, 0.15) is 59.1 Å². The number of carbonyl (C=O) groups excluding carboxylic acids is 1. The molecule has 1 aromatic carbocycles. The quantitative estimate of drug-likeness (QED) is 0.799. The Kier molecular flexibility index (Phi) is 5.51. The second-order valence-corrected chi connectivity index (χ2v) is 8.19. The molecule has 1 saturated heterocycles. The highest BCUT2D eigenvalue weighted by molar-refractivity contribution is 7.15. The highest BCUT2D eigenvalue weighted by atomic mass is 32.1. The van der Waals surface area contributed by atoms with Gasteiger partial charge in [0.2, 0.25) is 0 Å². The van der Waals surface area contributed by atoms with Gasteiger partial charge in [-0.2, -0.15) is 5.26 Å². The fourth-order valence-electron chi connectivity index (χ4n) is 3.81. The third-order valence-electron chi connectivity index (χ3n) is 5.38. The van der Waals surface area contributed by atoms with Crippen LogP contribution in [0.15, 0.2) is 24.3 Å². The van der Waals surface area contributed by atoms with Gasteiger partial charge in [-0.05, 0) is 30.5 Å². The monoisotopic (exact) mass is 381 g/mol. The number of nitrogens with zero attached hydrogens (tertiary/aromatic N) is 3. The lowest BCUT2D eigenvalue weighted by Gasteiger charge is -2.26. The number of benzene rings is 1. The molecule has 4 rings (SSSR count). The minimum Gasteiger partial charge on any atom is -0.378 e. The number of thiazole rings is 1. The molecule has 1 saturated carbocycles. The Labute approximate surface area is 163 Å². The van der Waals surface area contributed by atoms with Gasteiger partial charge in [0.25, 0.3) is 5.91 Å². The van der Waals surface area contributed by atoms with Gasteiger partial charge in [-0.25, -0.2) is 4.98 Å². The molecule has 5 nitrogen and oxygen atoms in total. The van der Waals surface area contributed by atoms with E-state index in [1.54, 1.807) is 23.5 Å². The first-order valence-corrected chi connectivity index (χ1v) is 10.5. The molecule has 0 unspecified atom stereocenters. The van der Waals surface area contributed by atoms with Gasteiger partial charge in [0.15, 0.2) is 0 Å². The second-order valence-electron chi connectivity index (χ2n) is 7.16. The predicted octanol–water partition coefficient (Wildman–Crippen LogP) is 4.20. The molecule has 2 aromatic rings. The SMILES string of the molecule is N#Cc1ccc(-c2sc(C3CCCCC3)nc2C(=O)N2CCOCC2)cc1. The van der Waals surface area contributed by atoms with E-state index < -0.39 is 0 Å². The van der Waals surface area contributed by atoms with E-state index >= 15 is 0 Å². The average Bonchev–Trinajstić information content (AvgIpc) is 3.20. The third kappa shape index (κ3) is 3.90. The highest BCUT2D eigenvalue weighted by Gasteiger charge is 2.28. The summed E-state index contributed by atoms with van der Waals surface area (Å²) in [5, 5.41) is 10.1. The van der Waals surface area contributed by atoms with Gasteiger partial charge in [0.1, 0.15) is 5.69 Å². The normalized spacial score (nSPS) is 18.3. The van der Waals surface area contributed by atoms with Gasteiger partial charge in [0, 0.05) is 19.0 Å². The third-order valence-corrected chi connectivity index (χ3v) is 6.64. The molecule has 2 aliphatic rings. The van der Waals surface area contributed by atoms with E-state index in [0.29, 0.717) is 43.5 Å². The molecular formula is C21H23N3O2S. The van der Waals surface area contributed by atoms with Crippen LogP contribution in [0.2, 0.25) is 0 Å². The van der Waals surface area contributed by atoms with Gasteiger partial charge in [-0.3, -0.25) is 4.79 Å². The van der Waals surface area contributed by atoms with Gasteiger partial charge < -0.3 is 9.64 Å². The van der Waals surface area contributed by atoms with E-state index in [4.69, 9.17) is 15.0 Å². The number of carbonyl (C=O) groups is 1. The summed E-state index contributed by atoms with van der Waals surface area (Å²) in [6.07, 6.45) is 6.09. The summed E-state index contributed by atoms with van der Waals surface area (Å²) in [4.78, 5) is 20.8. The van der Waals surface area contributed by atoms with Crippen molar-refractivity contribution in [3.63, 3.8) is 0 Å². The Morgan fingerprint density at radius 3 is 2.52 bits per heavy atom. The molecule has 1 aliphatic heterocycles. The van der Waals surface area contributed by atoms with Crippen LogP contribution in [0.4, 0.5) is 0 Å². The summed E-state index contributed by atoms with van der Waals surface area (Å²) in [5.41, 5.74) is 2.15.